The van der Waals surface area contributed by atoms with Gasteiger partial charge in [-0.25, -0.2) is 5.43 Å². The normalized spacial score (nSPS) is 16.2. The van der Waals surface area contributed by atoms with E-state index in [4.69, 9.17) is 4.74 Å². The number of amides is 1. The van der Waals surface area contributed by atoms with E-state index < -0.39 is 6.10 Å². The number of ether oxygens (including phenoxy) is 1. The monoisotopic (exact) mass is 401 g/mol. The van der Waals surface area contributed by atoms with Crippen LogP contribution < -0.4 is 5.43 Å². The standard InChI is InChI=1S/C20H24N4O5/c1-11-19(28)18-13(7-21-11)10-29-20(18)14-5-12(15(25)6-16(14)26)8-22-23-17(27)9-24(2,3)4/h5-8,20H,9-10H2,1-4H3,(H3-,22,23,25,26,27,28)/p+1. The molecule has 1 aliphatic heterocycles. The van der Waals surface area contributed by atoms with E-state index in [9.17, 15) is 20.1 Å². The molecule has 0 radical (unpaired) electrons. The second-order valence-corrected chi connectivity index (χ2v) is 8.03. The van der Waals surface area contributed by atoms with Crippen molar-refractivity contribution in [3.8, 4) is 17.2 Å². The summed E-state index contributed by atoms with van der Waals surface area (Å²) in [6.07, 6.45) is 2.21. The van der Waals surface area contributed by atoms with Gasteiger partial charge in [-0.1, -0.05) is 0 Å². The molecule has 2 aromatic rings. The number of hydrogen-bond acceptors (Lipinski definition) is 7. The number of benzene rings is 1. The zero-order valence-electron chi connectivity index (χ0n) is 16.8. The molecule has 1 aromatic heterocycles. The number of pyridine rings is 1. The van der Waals surface area contributed by atoms with Gasteiger partial charge in [0.15, 0.2) is 6.54 Å². The van der Waals surface area contributed by atoms with Gasteiger partial charge in [0.25, 0.3) is 5.91 Å². The highest BCUT2D eigenvalue weighted by Gasteiger charge is 2.31. The van der Waals surface area contributed by atoms with E-state index >= 15 is 0 Å². The predicted molar refractivity (Wildman–Crippen MR) is 106 cm³/mol. The maximum Gasteiger partial charge on any atom is 0.295 e. The van der Waals surface area contributed by atoms with Crippen molar-refractivity contribution < 1.29 is 29.3 Å². The Labute approximate surface area is 168 Å². The van der Waals surface area contributed by atoms with Gasteiger partial charge in [-0.2, -0.15) is 5.10 Å². The summed E-state index contributed by atoms with van der Waals surface area (Å²) >= 11 is 0. The Hall–Kier alpha value is -3.17. The lowest BCUT2D eigenvalue weighted by atomic mass is 9.96. The summed E-state index contributed by atoms with van der Waals surface area (Å²) < 4.78 is 6.21. The molecule has 9 heteroatoms. The van der Waals surface area contributed by atoms with Gasteiger partial charge >= 0.3 is 0 Å². The molecule has 0 saturated carbocycles. The number of nitrogens with zero attached hydrogens (tertiary/aromatic N) is 3. The molecule has 4 N–H and O–H groups in total. The fourth-order valence-electron chi connectivity index (χ4n) is 3.13. The first kappa shape index (κ1) is 20.6. The Kier molecular flexibility index (Phi) is 5.45. The van der Waals surface area contributed by atoms with Crippen LogP contribution in [0.25, 0.3) is 0 Å². The zero-order valence-corrected chi connectivity index (χ0v) is 16.8. The molecule has 3 rings (SSSR count). The molecule has 0 aliphatic carbocycles. The number of phenols is 2. The van der Waals surface area contributed by atoms with Crippen molar-refractivity contribution in [3.63, 3.8) is 0 Å². The van der Waals surface area contributed by atoms with Crippen LogP contribution in [0.15, 0.2) is 23.4 Å². The maximum atomic E-state index is 11.9. The van der Waals surface area contributed by atoms with E-state index in [1.54, 1.807) is 13.1 Å². The van der Waals surface area contributed by atoms with Crippen LogP contribution in [0.4, 0.5) is 0 Å². The minimum absolute atomic E-state index is 0.0141. The molecule has 1 unspecified atom stereocenters. The zero-order chi connectivity index (χ0) is 21.3. The second kappa shape index (κ2) is 7.69. The number of hydrogen-bond donors (Lipinski definition) is 4. The summed E-state index contributed by atoms with van der Waals surface area (Å²) in [5.41, 5.74) is 4.79. The molecule has 154 valence electrons. The molecule has 1 amide bonds. The number of carbonyl (C=O) groups excluding carboxylic acids is 1. The van der Waals surface area contributed by atoms with E-state index in [0.717, 1.165) is 5.56 Å². The number of aromatic nitrogens is 1. The highest BCUT2D eigenvalue weighted by Crippen LogP contribution is 2.45. The third-order valence-corrected chi connectivity index (χ3v) is 4.49. The maximum absolute atomic E-state index is 11.9. The third kappa shape index (κ3) is 4.47. The molecule has 0 fully saturated rings. The van der Waals surface area contributed by atoms with E-state index in [1.165, 1.54) is 18.3 Å². The lowest BCUT2D eigenvalue weighted by Crippen LogP contribution is -2.43. The molecule has 1 atom stereocenters. The van der Waals surface area contributed by atoms with Gasteiger partial charge in [-0.3, -0.25) is 9.78 Å². The largest absolute Gasteiger partial charge is 0.507 e. The first-order chi connectivity index (χ1) is 13.6. The summed E-state index contributed by atoms with van der Waals surface area (Å²) in [4.78, 5) is 16.0. The van der Waals surface area contributed by atoms with E-state index in [1.807, 2.05) is 21.1 Å². The first-order valence-electron chi connectivity index (χ1n) is 9.04. The quantitative estimate of drug-likeness (QED) is 0.340. The van der Waals surface area contributed by atoms with Crippen molar-refractivity contribution in [2.24, 2.45) is 5.10 Å². The number of aryl methyl sites for hydroxylation is 1. The summed E-state index contributed by atoms with van der Waals surface area (Å²) in [5, 5.41) is 34.8. The van der Waals surface area contributed by atoms with Gasteiger partial charge in [0, 0.05) is 34.5 Å². The number of nitrogens with one attached hydrogen (secondary N) is 1. The summed E-state index contributed by atoms with van der Waals surface area (Å²) in [6.45, 7) is 2.16. The van der Waals surface area contributed by atoms with Gasteiger partial charge in [-0.05, 0) is 13.0 Å². The number of hydrazone groups is 1. The van der Waals surface area contributed by atoms with Crippen LogP contribution in [0.2, 0.25) is 0 Å². The average Bonchev–Trinajstić information content (AvgIpc) is 3.03. The molecule has 29 heavy (non-hydrogen) atoms. The predicted octanol–water partition coefficient (Wildman–Crippen LogP) is 1.28. The molecule has 0 bridgehead atoms. The van der Waals surface area contributed by atoms with E-state index in [2.05, 4.69) is 15.5 Å². The van der Waals surface area contributed by atoms with Gasteiger partial charge in [-0.15, -0.1) is 0 Å². The Bertz CT molecular complexity index is 982. The number of likely N-dealkylation sites (N-methyl/N-ethyl adjacent to an activating group) is 1. The number of phenolic OH excluding ortho intramolecular Hbond substituents is 2. The number of rotatable bonds is 5. The summed E-state index contributed by atoms with van der Waals surface area (Å²) in [7, 11) is 5.65. The minimum atomic E-state index is -0.716. The number of fused-ring (bicyclic) bond motifs is 1. The van der Waals surface area contributed by atoms with Crippen LogP contribution in [-0.2, 0) is 16.1 Å². The lowest BCUT2D eigenvalue weighted by molar-refractivity contribution is -0.862. The molecule has 0 saturated heterocycles. The number of quaternary nitrogens is 1. The Balaban J connectivity index is 1.88. The third-order valence-electron chi connectivity index (χ3n) is 4.49. The Morgan fingerprint density at radius 3 is 2.72 bits per heavy atom. The van der Waals surface area contributed by atoms with Crippen LogP contribution in [0.3, 0.4) is 0 Å². The SMILES string of the molecule is Cc1ncc2c(c1O)C(c1cc(/C=N/NC(=O)C[N+](C)(C)C)c(O)cc1O)OC2. The Morgan fingerprint density at radius 1 is 1.31 bits per heavy atom. The second-order valence-electron chi connectivity index (χ2n) is 8.03. The molecule has 1 aliphatic rings. The van der Waals surface area contributed by atoms with Crippen LogP contribution in [0.5, 0.6) is 17.2 Å². The average molecular weight is 401 g/mol. The topological polar surface area (TPSA) is 124 Å². The van der Waals surface area contributed by atoms with Crippen molar-refractivity contribution in [1.82, 2.24) is 10.4 Å². The molecule has 1 aromatic carbocycles. The highest BCUT2D eigenvalue weighted by atomic mass is 16.5. The van der Waals surface area contributed by atoms with Crippen LogP contribution in [0, 0.1) is 6.92 Å². The van der Waals surface area contributed by atoms with Crippen LogP contribution in [-0.4, -0.2) is 64.6 Å². The van der Waals surface area contributed by atoms with Gasteiger partial charge in [0.05, 0.1) is 39.7 Å². The van der Waals surface area contributed by atoms with Gasteiger partial charge in [0.1, 0.15) is 23.4 Å². The number of carbonyl (C=O) groups is 1. The van der Waals surface area contributed by atoms with Gasteiger partial charge < -0.3 is 24.5 Å². The lowest BCUT2D eigenvalue weighted by Gasteiger charge is -2.22. The smallest absolute Gasteiger partial charge is 0.295 e. The summed E-state index contributed by atoms with van der Waals surface area (Å²) in [5.74, 6) is -0.641. The Morgan fingerprint density at radius 2 is 2.03 bits per heavy atom. The fourth-order valence-corrected chi connectivity index (χ4v) is 3.13. The molecular weight excluding hydrogens is 376 g/mol. The highest BCUT2D eigenvalue weighted by molar-refractivity contribution is 5.86. The van der Waals surface area contributed by atoms with Crippen molar-refractivity contribution in [1.29, 1.82) is 0 Å². The molecule has 2 heterocycles. The van der Waals surface area contributed by atoms with Gasteiger partial charge in [0.2, 0.25) is 0 Å². The van der Waals surface area contributed by atoms with Crippen molar-refractivity contribution in [3.05, 3.63) is 46.3 Å². The van der Waals surface area contributed by atoms with E-state index in [-0.39, 0.29) is 41.9 Å². The van der Waals surface area contributed by atoms with E-state index in [0.29, 0.717) is 21.3 Å². The molecular formula is C20H25N4O5+. The number of aromatic hydroxyl groups is 3. The molecule has 9 nitrogen and oxygen atoms in total. The summed E-state index contributed by atoms with van der Waals surface area (Å²) in [6, 6.07) is 2.69. The molecule has 0 spiro atoms. The van der Waals surface area contributed by atoms with Crippen molar-refractivity contribution in [2.75, 3.05) is 27.7 Å². The van der Waals surface area contributed by atoms with Crippen LogP contribution >= 0.6 is 0 Å². The van der Waals surface area contributed by atoms with Crippen LogP contribution in [0.1, 0.15) is 34.1 Å². The first-order valence-corrected chi connectivity index (χ1v) is 9.04. The van der Waals surface area contributed by atoms with Crippen molar-refractivity contribution >= 4 is 12.1 Å². The van der Waals surface area contributed by atoms with Crippen molar-refractivity contribution in [2.45, 2.75) is 19.6 Å². The minimum Gasteiger partial charge on any atom is -0.507 e. The fraction of sp³-hybridized carbons (Fsp3) is 0.350.